The van der Waals surface area contributed by atoms with Gasteiger partial charge in [-0.05, 0) is 58.5 Å². The molecule has 1 N–H and O–H groups in total. The first-order chi connectivity index (χ1) is 7.49. The maximum atomic E-state index is 3.64. The molecule has 1 saturated heterocycles. The minimum Gasteiger partial charge on any atom is -0.312 e. The molecule has 1 saturated carbocycles. The van der Waals surface area contributed by atoms with Crippen molar-refractivity contribution in [2.24, 2.45) is 11.8 Å². The Labute approximate surface area is 101 Å². The van der Waals surface area contributed by atoms with Gasteiger partial charge >= 0.3 is 0 Å². The van der Waals surface area contributed by atoms with Gasteiger partial charge in [-0.15, -0.1) is 0 Å². The summed E-state index contributed by atoms with van der Waals surface area (Å²) in [6.45, 7) is 13.0. The predicted molar refractivity (Wildman–Crippen MR) is 69.6 cm³/mol. The quantitative estimate of drug-likeness (QED) is 0.789. The highest BCUT2D eigenvalue weighted by atomic mass is 15.2. The van der Waals surface area contributed by atoms with E-state index in [1.54, 1.807) is 0 Å². The zero-order valence-corrected chi connectivity index (χ0v) is 11.4. The van der Waals surface area contributed by atoms with E-state index in [-0.39, 0.29) is 5.54 Å². The van der Waals surface area contributed by atoms with Crippen LogP contribution in [0, 0.1) is 11.8 Å². The Morgan fingerprint density at radius 1 is 1.31 bits per heavy atom. The molecule has 1 aliphatic carbocycles. The van der Waals surface area contributed by atoms with Crippen LogP contribution in [0.3, 0.4) is 0 Å². The fourth-order valence-corrected chi connectivity index (χ4v) is 2.90. The second kappa shape index (κ2) is 4.66. The fourth-order valence-electron chi connectivity index (χ4n) is 2.90. The molecule has 2 heteroatoms. The molecular formula is C14H28N2. The number of likely N-dealkylation sites (tertiary alicyclic amines) is 1. The lowest BCUT2D eigenvalue weighted by atomic mass is 10.1. The molecule has 2 rings (SSSR count). The second-order valence-corrected chi connectivity index (χ2v) is 6.75. The third-order valence-electron chi connectivity index (χ3n) is 4.12. The highest BCUT2D eigenvalue weighted by Gasteiger charge is 2.42. The number of nitrogens with zero attached hydrogens (tertiary/aromatic N) is 1. The van der Waals surface area contributed by atoms with Gasteiger partial charge in [0.25, 0.3) is 0 Å². The summed E-state index contributed by atoms with van der Waals surface area (Å²) in [5, 5.41) is 3.64. The topological polar surface area (TPSA) is 15.3 Å². The van der Waals surface area contributed by atoms with E-state index in [0.717, 1.165) is 17.9 Å². The fraction of sp³-hybridized carbons (Fsp3) is 1.00. The van der Waals surface area contributed by atoms with Gasteiger partial charge in [-0.25, -0.2) is 0 Å². The van der Waals surface area contributed by atoms with Gasteiger partial charge in [0.05, 0.1) is 0 Å². The Kier molecular flexibility index (Phi) is 3.60. The van der Waals surface area contributed by atoms with Crippen LogP contribution in [-0.4, -0.2) is 36.1 Å². The summed E-state index contributed by atoms with van der Waals surface area (Å²) in [6, 6.07) is 0.949. The third-order valence-corrected chi connectivity index (χ3v) is 4.12. The first-order valence-corrected chi connectivity index (χ1v) is 6.98. The molecule has 94 valence electrons. The molecule has 0 bridgehead atoms. The van der Waals surface area contributed by atoms with Crippen LogP contribution in [-0.2, 0) is 0 Å². The van der Waals surface area contributed by atoms with Gasteiger partial charge in [-0.2, -0.15) is 0 Å². The van der Waals surface area contributed by atoms with Gasteiger partial charge in [0.1, 0.15) is 0 Å². The number of hydrogen-bond donors (Lipinski definition) is 1. The van der Waals surface area contributed by atoms with Crippen molar-refractivity contribution < 1.29 is 0 Å². The molecule has 3 atom stereocenters. The maximum absolute atomic E-state index is 3.64. The number of nitrogens with one attached hydrogen (secondary N) is 1. The molecule has 0 spiro atoms. The first-order valence-electron chi connectivity index (χ1n) is 6.98. The van der Waals surface area contributed by atoms with Crippen LogP contribution < -0.4 is 5.32 Å². The zero-order valence-electron chi connectivity index (χ0n) is 11.4. The van der Waals surface area contributed by atoms with Crippen LogP contribution in [0.1, 0.15) is 47.0 Å². The van der Waals surface area contributed by atoms with Crippen LogP contribution in [0.25, 0.3) is 0 Å². The molecule has 16 heavy (non-hydrogen) atoms. The van der Waals surface area contributed by atoms with Gasteiger partial charge < -0.3 is 5.32 Å². The van der Waals surface area contributed by atoms with Crippen molar-refractivity contribution in [3.63, 3.8) is 0 Å². The molecule has 1 aliphatic heterocycles. The van der Waals surface area contributed by atoms with E-state index in [4.69, 9.17) is 0 Å². The molecular weight excluding hydrogens is 196 g/mol. The molecule has 2 aliphatic rings. The average Bonchev–Trinajstić information content (AvgIpc) is 2.84. The lowest BCUT2D eigenvalue weighted by Gasteiger charge is -2.23. The standard InChI is InChI=1S/C14H28N2/c1-5-12-8-13(12)16-7-6-11(10-16)9-15-14(2,3)4/h11-13,15H,5-10H2,1-4H3. The molecule has 1 heterocycles. The van der Waals surface area contributed by atoms with E-state index in [9.17, 15) is 0 Å². The summed E-state index contributed by atoms with van der Waals surface area (Å²) in [6.07, 6.45) is 4.25. The Balaban J connectivity index is 1.68. The predicted octanol–water partition coefficient (Wildman–Crippen LogP) is 2.49. The third kappa shape index (κ3) is 3.21. The average molecular weight is 224 g/mol. The SMILES string of the molecule is CCC1CC1N1CCC(CNC(C)(C)C)C1. The van der Waals surface area contributed by atoms with Crippen LogP contribution in [0.4, 0.5) is 0 Å². The Bertz CT molecular complexity index is 231. The summed E-state index contributed by atoms with van der Waals surface area (Å²) in [5.41, 5.74) is 0.277. The lowest BCUT2D eigenvalue weighted by molar-refractivity contribution is 0.290. The lowest BCUT2D eigenvalue weighted by Crippen LogP contribution is -2.39. The summed E-state index contributed by atoms with van der Waals surface area (Å²) >= 11 is 0. The van der Waals surface area contributed by atoms with Gasteiger partial charge in [-0.3, -0.25) is 4.90 Å². The van der Waals surface area contributed by atoms with Crippen molar-refractivity contribution in [2.45, 2.75) is 58.5 Å². The highest BCUT2D eigenvalue weighted by molar-refractivity contribution is 4.97. The molecule has 2 nitrogen and oxygen atoms in total. The van der Waals surface area contributed by atoms with Crippen molar-refractivity contribution >= 4 is 0 Å². The number of hydrogen-bond acceptors (Lipinski definition) is 2. The molecule has 0 amide bonds. The van der Waals surface area contributed by atoms with Crippen molar-refractivity contribution in [1.82, 2.24) is 10.2 Å². The first kappa shape index (κ1) is 12.4. The maximum Gasteiger partial charge on any atom is 0.0127 e. The second-order valence-electron chi connectivity index (χ2n) is 6.75. The highest BCUT2D eigenvalue weighted by Crippen LogP contribution is 2.40. The van der Waals surface area contributed by atoms with Crippen LogP contribution in [0.2, 0.25) is 0 Å². The monoisotopic (exact) mass is 224 g/mol. The van der Waals surface area contributed by atoms with Gasteiger partial charge in [0.15, 0.2) is 0 Å². The number of rotatable bonds is 4. The molecule has 2 fully saturated rings. The summed E-state index contributed by atoms with van der Waals surface area (Å²) in [4.78, 5) is 2.74. The van der Waals surface area contributed by atoms with E-state index < -0.39 is 0 Å². The van der Waals surface area contributed by atoms with E-state index in [1.807, 2.05) is 0 Å². The van der Waals surface area contributed by atoms with E-state index in [2.05, 4.69) is 37.9 Å². The normalized spacial score (nSPS) is 35.6. The van der Waals surface area contributed by atoms with Gasteiger partial charge in [0.2, 0.25) is 0 Å². The Hall–Kier alpha value is -0.0800. The van der Waals surface area contributed by atoms with Crippen molar-refractivity contribution in [3.05, 3.63) is 0 Å². The molecule has 0 aromatic heterocycles. The van der Waals surface area contributed by atoms with Crippen molar-refractivity contribution in [2.75, 3.05) is 19.6 Å². The van der Waals surface area contributed by atoms with Crippen LogP contribution in [0.15, 0.2) is 0 Å². The molecule has 0 radical (unpaired) electrons. The molecule has 0 aromatic rings. The zero-order chi connectivity index (χ0) is 11.8. The van der Waals surface area contributed by atoms with Crippen LogP contribution >= 0.6 is 0 Å². The summed E-state index contributed by atoms with van der Waals surface area (Å²) in [5.74, 6) is 1.91. The Morgan fingerprint density at radius 2 is 2.06 bits per heavy atom. The van der Waals surface area contributed by atoms with Gasteiger partial charge in [0, 0.05) is 18.1 Å². The van der Waals surface area contributed by atoms with E-state index in [1.165, 1.54) is 38.9 Å². The van der Waals surface area contributed by atoms with Crippen molar-refractivity contribution in [3.8, 4) is 0 Å². The van der Waals surface area contributed by atoms with E-state index >= 15 is 0 Å². The Morgan fingerprint density at radius 3 is 2.62 bits per heavy atom. The van der Waals surface area contributed by atoms with Crippen molar-refractivity contribution in [1.29, 1.82) is 0 Å². The largest absolute Gasteiger partial charge is 0.312 e. The molecule has 3 unspecified atom stereocenters. The minimum atomic E-state index is 0.277. The van der Waals surface area contributed by atoms with Crippen LogP contribution in [0.5, 0.6) is 0 Å². The smallest absolute Gasteiger partial charge is 0.0127 e. The summed E-state index contributed by atoms with van der Waals surface area (Å²) < 4.78 is 0. The van der Waals surface area contributed by atoms with E-state index in [0.29, 0.717) is 0 Å². The summed E-state index contributed by atoms with van der Waals surface area (Å²) in [7, 11) is 0. The minimum absolute atomic E-state index is 0.277. The molecule has 0 aromatic carbocycles. The van der Waals surface area contributed by atoms with Gasteiger partial charge in [-0.1, -0.05) is 13.3 Å².